The largest absolute Gasteiger partial charge is 0.504 e. The lowest BCUT2D eigenvalue weighted by molar-refractivity contribution is -0.148. The molecule has 0 spiro atoms. The standard InChI is InChI=1S/C16H17NO6S/c1-4-23-11-7-5-6-10(13(11)18)8-12-14(19)17(16(21)24-12)9(2)15(20)22-3/h5-9,18H,4H2,1-3H3/b12-8+/t9-/m0/s1. The minimum atomic E-state index is -1.02. The molecule has 0 aliphatic carbocycles. The van der Waals surface area contributed by atoms with Gasteiger partial charge in [0, 0.05) is 5.56 Å². The molecule has 0 bridgehead atoms. The first-order valence-corrected chi connectivity index (χ1v) is 8.02. The summed E-state index contributed by atoms with van der Waals surface area (Å²) in [5, 5.41) is 9.61. The molecule has 1 fully saturated rings. The van der Waals surface area contributed by atoms with Gasteiger partial charge in [0.1, 0.15) is 6.04 Å². The topological polar surface area (TPSA) is 93.1 Å². The Kier molecular flexibility index (Phi) is 5.50. The zero-order valence-electron chi connectivity index (χ0n) is 13.4. The number of phenolic OH excluding ortho intramolecular Hbond substituents is 1. The van der Waals surface area contributed by atoms with Crippen molar-refractivity contribution in [3.8, 4) is 11.5 Å². The first-order chi connectivity index (χ1) is 11.4. The van der Waals surface area contributed by atoms with Gasteiger partial charge in [0.25, 0.3) is 11.1 Å². The second kappa shape index (κ2) is 7.39. The van der Waals surface area contributed by atoms with Gasteiger partial charge in [-0.25, -0.2) is 4.79 Å². The van der Waals surface area contributed by atoms with E-state index in [-0.39, 0.29) is 16.4 Å². The molecule has 0 unspecified atom stereocenters. The van der Waals surface area contributed by atoms with Gasteiger partial charge in [0.05, 0.1) is 18.6 Å². The third-order valence-electron chi connectivity index (χ3n) is 3.37. The number of ether oxygens (including phenoxy) is 2. The van der Waals surface area contributed by atoms with Gasteiger partial charge in [0.2, 0.25) is 0 Å². The molecule has 0 radical (unpaired) electrons. The van der Waals surface area contributed by atoms with Crippen LogP contribution in [0.1, 0.15) is 19.4 Å². The number of amides is 2. The normalized spacial score (nSPS) is 17.3. The van der Waals surface area contributed by atoms with Gasteiger partial charge in [-0.15, -0.1) is 0 Å². The van der Waals surface area contributed by atoms with Crippen molar-refractivity contribution in [2.75, 3.05) is 13.7 Å². The molecule has 2 amide bonds. The van der Waals surface area contributed by atoms with Crippen molar-refractivity contribution in [2.45, 2.75) is 19.9 Å². The molecule has 7 nitrogen and oxygen atoms in total. The van der Waals surface area contributed by atoms with E-state index in [0.717, 1.165) is 4.90 Å². The lowest BCUT2D eigenvalue weighted by Gasteiger charge is -2.18. The Morgan fingerprint density at radius 2 is 2.12 bits per heavy atom. The highest BCUT2D eigenvalue weighted by Crippen LogP contribution is 2.37. The van der Waals surface area contributed by atoms with E-state index in [2.05, 4.69) is 4.74 Å². The quantitative estimate of drug-likeness (QED) is 0.643. The van der Waals surface area contributed by atoms with Crippen molar-refractivity contribution in [2.24, 2.45) is 0 Å². The zero-order valence-corrected chi connectivity index (χ0v) is 14.3. The fourth-order valence-corrected chi connectivity index (χ4v) is 3.06. The number of rotatable bonds is 5. The van der Waals surface area contributed by atoms with Crippen LogP contribution in [0.5, 0.6) is 11.5 Å². The number of benzene rings is 1. The Labute approximate surface area is 143 Å². The van der Waals surface area contributed by atoms with E-state index in [1.54, 1.807) is 25.1 Å². The summed E-state index contributed by atoms with van der Waals surface area (Å²) in [7, 11) is 1.19. The van der Waals surface area contributed by atoms with E-state index >= 15 is 0 Å². The fourth-order valence-electron chi connectivity index (χ4n) is 2.16. The first kappa shape index (κ1) is 17.9. The van der Waals surface area contributed by atoms with E-state index < -0.39 is 23.2 Å². The number of hydrogen-bond acceptors (Lipinski definition) is 7. The van der Waals surface area contributed by atoms with E-state index in [9.17, 15) is 19.5 Å². The van der Waals surface area contributed by atoms with Crippen LogP contribution in [-0.4, -0.2) is 46.9 Å². The molecular weight excluding hydrogens is 334 g/mol. The van der Waals surface area contributed by atoms with Crippen LogP contribution in [-0.2, 0) is 14.3 Å². The Morgan fingerprint density at radius 3 is 2.75 bits per heavy atom. The molecule has 1 saturated heterocycles. The van der Waals surface area contributed by atoms with Crippen LogP contribution in [0, 0.1) is 0 Å². The van der Waals surface area contributed by atoms with Crippen molar-refractivity contribution in [1.82, 2.24) is 4.90 Å². The molecule has 2 rings (SSSR count). The number of methoxy groups -OCH3 is 1. The summed E-state index contributed by atoms with van der Waals surface area (Å²) in [6, 6.07) is 3.84. The molecule has 128 valence electrons. The molecular formula is C16H17NO6S. The maximum Gasteiger partial charge on any atom is 0.328 e. The van der Waals surface area contributed by atoms with Crippen LogP contribution in [0.2, 0.25) is 0 Å². The number of esters is 1. The number of aromatic hydroxyl groups is 1. The Bertz CT molecular complexity index is 715. The maximum atomic E-state index is 12.4. The van der Waals surface area contributed by atoms with Crippen LogP contribution in [0.4, 0.5) is 4.79 Å². The molecule has 1 aromatic rings. The summed E-state index contributed by atoms with van der Waals surface area (Å²) in [5.74, 6) is -1.12. The smallest absolute Gasteiger partial charge is 0.328 e. The van der Waals surface area contributed by atoms with E-state index in [1.165, 1.54) is 20.1 Å². The predicted molar refractivity (Wildman–Crippen MR) is 88.6 cm³/mol. The highest BCUT2D eigenvalue weighted by molar-refractivity contribution is 8.18. The summed E-state index contributed by atoms with van der Waals surface area (Å²) < 4.78 is 9.85. The van der Waals surface area contributed by atoms with Crippen molar-refractivity contribution in [3.63, 3.8) is 0 Å². The number of thioether (sulfide) groups is 1. The zero-order chi connectivity index (χ0) is 17.9. The molecule has 0 saturated carbocycles. The Hall–Kier alpha value is -2.48. The molecule has 1 aliphatic heterocycles. The van der Waals surface area contributed by atoms with Crippen molar-refractivity contribution in [3.05, 3.63) is 28.7 Å². The second-order valence-electron chi connectivity index (χ2n) is 4.88. The summed E-state index contributed by atoms with van der Waals surface area (Å²) in [5.41, 5.74) is 0.345. The summed E-state index contributed by atoms with van der Waals surface area (Å²) >= 11 is 0.700. The van der Waals surface area contributed by atoms with E-state index in [4.69, 9.17) is 4.74 Å². The number of nitrogens with zero attached hydrogens (tertiary/aromatic N) is 1. The van der Waals surface area contributed by atoms with Crippen molar-refractivity contribution in [1.29, 1.82) is 0 Å². The van der Waals surface area contributed by atoms with Gasteiger partial charge in [0.15, 0.2) is 11.5 Å². The Balaban J connectivity index is 2.32. The molecule has 24 heavy (non-hydrogen) atoms. The number of phenols is 1. The lowest BCUT2D eigenvalue weighted by Crippen LogP contribution is -2.42. The van der Waals surface area contributed by atoms with Gasteiger partial charge in [-0.2, -0.15) is 0 Å². The lowest BCUT2D eigenvalue weighted by atomic mass is 10.1. The SMILES string of the molecule is CCOc1cccc(/C=C2/SC(=O)N([C@@H](C)C(=O)OC)C2=O)c1O. The van der Waals surface area contributed by atoms with Gasteiger partial charge in [-0.05, 0) is 37.8 Å². The molecule has 1 aliphatic rings. The van der Waals surface area contributed by atoms with Gasteiger partial charge in [-0.1, -0.05) is 12.1 Å². The van der Waals surface area contributed by atoms with Gasteiger partial charge >= 0.3 is 5.97 Å². The summed E-state index contributed by atoms with van der Waals surface area (Å²) in [4.78, 5) is 37.0. The predicted octanol–water partition coefficient (Wildman–Crippen LogP) is 2.39. The third-order valence-corrected chi connectivity index (χ3v) is 4.25. The summed E-state index contributed by atoms with van der Waals surface area (Å²) in [6.45, 7) is 3.58. The number of para-hydroxylation sites is 1. The van der Waals surface area contributed by atoms with Crippen LogP contribution >= 0.6 is 11.8 Å². The van der Waals surface area contributed by atoms with Gasteiger partial charge in [-0.3, -0.25) is 14.5 Å². The molecule has 8 heteroatoms. The minimum absolute atomic E-state index is 0.111. The van der Waals surface area contributed by atoms with Crippen LogP contribution in [0.15, 0.2) is 23.1 Å². The summed E-state index contributed by atoms with van der Waals surface area (Å²) in [6.07, 6.45) is 1.40. The highest BCUT2D eigenvalue weighted by Gasteiger charge is 2.41. The Morgan fingerprint density at radius 1 is 1.42 bits per heavy atom. The molecule has 1 heterocycles. The van der Waals surface area contributed by atoms with E-state index in [1.807, 2.05) is 0 Å². The number of imide groups is 1. The monoisotopic (exact) mass is 351 g/mol. The average Bonchev–Trinajstić information content (AvgIpc) is 2.84. The second-order valence-corrected chi connectivity index (χ2v) is 5.87. The third kappa shape index (κ3) is 3.38. The van der Waals surface area contributed by atoms with E-state index in [0.29, 0.717) is 23.9 Å². The number of hydrogen-bond donors (Lipinski definition) is 1. The number of carbonyl (C=O) groups is 3. The van der Waals surface area contributed by atoms with Crippen LogP contribution in [0.3, 0.4) is 0 Å². The van der Waals surface area contributed by atoms with Crippen molar-refractivity contribution < 1.29 is 29.0 Å². The van der Waals surface area contributed by atoms with Crippen molar-refractivity contribution >= 4 is 35.0 Å². The highest BCUT2D eigenvalue weighted by atomic mass is 32.2. The first-order valence-electron chi connectivity index (χ1n) is 7.20. The fraction of sp³-hybridized carbons (Fsp3) is 0.312. The minimum Gasteiger partial charge on any atom is -0.504 e. The molecule has 1 N–H and O–H groups in total. The molecule has 0 aromatic heterocycles. The molecule has 1 aromatic carbocycles. The number of carbonyl (C=O) groups excluding carboxylic acids is 3. The maximum absolute atomic E-state index is 12.4. The van der Waals surface area contributed by atoms with Gasteiger partial charge < -0.3 is 14.6 Å². The van der Waals surface area contributed by atoms with Crippen LogP contribution in [0.25, 0.3) is 6.08 Å². The average molecular weight is 351 g/mol. The molecule has 1 atom stereocenters. The van der Waals surface area contributed by atoms with Crippen LogP contribution < -0.4 is 4.74 Å².